The number of rotatable bonds is 3. The van der Waals surface area contributed by atoms with Crippen LogP contribution in [0.5, 0.6) is 0 Å². The Morgan fingerprint density at radius 2 is 2.05 bits per heavy atom. The summed E-state index contributed by atoms with van der Waals surface area (Å²) in [6.07, 6.45) is 0. The Morgan fingerprint density at radius 3 is 2.74 bits per heavy atom. The smallest absolute Gasteiger partial charge is 0.255 e. The van der Waals surface area contributed by atoms with E-state index in [4.69, 9.17) is 5.11 Å². The van der Waals surface area contributed by atoms with Crippen molar-refractivity contribution in [1.82, 2.24) is 0 Å². The molecule has 0 saturated carbocycles. The molecule has 0 saturated heterocycles. The molecule has 98 valence electrons. The average molecular weight is 259 g/mol. The highest BCUT2D eigenvalue weighted by Crippen LogP contribution is 2.15. The van der Waals surface area contributed by atoms with Crippen molar-refractivity contribution in [1.29, 1.82) is 0 Å². The lowest BCUT2D eigenvalue weighted by molar-refractivity contribution is 0.102. The molecule has 19 heavy (non-hydrogen) atoms. The van der Waals surface area contributed by atoms with Crippen LogP contribution in [0.1, 0.15) is 21.5 Å². The Kier molecular flexibility index (Phi) is 3.92. The van der Waals surface area contributed by atoms with E-state index in [0.717, 1.165) is 0 Å². The van der Waals surface area contributed by atoms with Gasteiger partial charge in [-0.15, -0.1) is 0 Å². The second kappa shape index (κ2) is 5.63. The van der Waals surface area contributed by atoms with Crippen molar-refractivity contribution in [2.24, 2.45) is 0 Å². The number of carbonyl (C=O) groups is 1. The molecule has 0 unspecified atom stereocenters. The van der Waals surface area contributed by atoms with Crippen molar-refractivity contribution < 1.29 is 14.3 Å². The van der Waals surface area contributed by atoms with E-state index in [1.165, 1.54) is 18.2 Å². The molecule has 1 amide bonds. The zero-order valence-electron chi connectivity index (χ0n) is 10.5. The second-order valence-corrected chi connectivity index (χ2v) is 4.27. The number of hydrogen-bond donors (Lipinski definition) is 2. The molecule has 0 spiro atoms. The molecule has 0 radical (unpaired) electrons. The first-order chi connectivity index (χ1) is 9.10. The summed E-state index contributed by atoms with van der Waals surface area (Å²) in [6.45, 7) is 1.60. The van der Waals surface area contributed by atoms with Gasteiger partial charge >= 0.3 is 0 Å². The number of amides is 1. The maximum absolute atomic E-state index is 13.0. The molecular formula is C15H14FNO2. The first-order valence-electron chi connectivity index (χ1n) is 5.87. The van der Waals surface area contributed by atoms with Gasteiger partial charge in [0.25, 0.3) is 5.91 Å². The van der Waals surface area contributed by atoms with Gasteiger partial charge in [-0.3, -0.25) is 4.79 Å². The van der Waals surface area contributed by atoms with Crippen LogP contribution in [0.3, 0.4) is 0 Å². The Morgan fingerprint density at radius 1 is 1.26 bits per heavy atom. The van der Waals surface area contributed by atoms with Gasteiger partial charge in [0.2, 0.25) is 0 Å². The van der Waals surface area contributed by atoms with Crippen LogP contribution in [0.4, 0.5) is 10.1 Å². The van der Waals surface area contributed by atoms with Gasteiger partial charge in [-0.1, -0.05) is 12.1 Å². The molecular weight excluding hydrogens is 245 g/mol. The molecule has 2 rings (SSSR count). The maximum Gasteiger partial charge on any atom is 0.255 e. The summed E-state index contributed by atoms with van der Waals surface area (Å²) >= 11 is 0. The average Bonchev–Trinajstić information content (AvgIpc) is 2.38. The highest BCUT2D eigenvalue weighted by Gasteiger charge is 2.10. The van der Waals surface area contributed by atoms with Crippen LogP contribution in [0, 0.1) is 12.7 Å². The first kappa shape index (κ1) is 13.2. The van der Waals surface area contributed by atoms with Gasteiger partial charge in [0.15, 0.2) is 0 Å². The van der Waals surface area contributed by atoms with Crippen LogP contribution in [0.15, 0.2) is 42.5 Å². The first-order valence-corrected chi connectivity index (χ1v) is 5.87. The highest BCUT2D eigenvalue weighted by atomic mass is 19.1. The summed E-state index contributed by atoms with van der Waals surface area (Å²) in [6, 6.07) is 11.0. The molecule has 0 heterocycles. The minimum absolute atomic E-state index is 0.0840. The number of anilines is 1. The molecule has 2 N–H and O–H groups in total. The van der Waals surface area contributed by atoms with E-state index >= 15 is 0 Å². The van der Waals surface area contributed by atoms with E-state index < -0.39 is 0 Å². The molecule has 3 nitrogen and oxygen atoms in total. The SMILES string of the molecule is Cc1cc(F)ccc1C(=O)Nc1cccc(CO)c1. The number of carbonyl (C=O) groups excluding carboxylic acids is 1. The fourth-order valence-corrected chi connectivity index (χ4v) is 1.83. The van der Waals surface area contributed by atoms with Gasteiger partial charge in [-0.25, -0.2) is 4.39 Å². The van der Waals surface area contributed by atoms with Crippen molar-refractivity contribution >= 4 is 11.6 Å². The van der Waals surface area contributed by atoms with Crippen LogP contribution >= 0.6 is 0 Å². The van der Waals surface area contributed by atoms with E-state index in [1.807, 2.05) is 0 Å². The molecule has 0 fully saturated rings. The second-order valence-electron chi connectivity index (χ2n) is 4.27. The van der Waals surface area contributed by atoms with Gasteiger partial charge in [0.05, 0.1) is 6.61 Å². The fourth-order valence-electron chi connectivity index (χ4n) is 1.83. The molecule has 0 atom stereocenters. The summed E-state index contributed by atoms with van der Waals surface area (Å²) in [4.78, 5) is 12.0. The van der Waals surface area contributed by atoms with Crippen LogP contribution in [0.25, 0.3) is 0 Å². The Bertz CT molecular complexity index is 611. The number of nitrogens with one attached hydrogen (secondary N) is 1. The van der Waals surface area contributed by atoms with Gasteiger partial charge in [0.1, 0.15) is 5.82 Å². The van der Waals surface area contributed by atoms with Gasteiger partial charge in [0, 0.05) is 11.3 Å². The number of aliphatic hydroxyl groups excluding tert-OH is 1. The number of aliphatic hydroxyl groups is 1. The molecule has 4 heteroatoms. The van der Waals surface area contributed by atoms with Gasteiger partial charge in [-0.2, -0.15) is 0 Å². The predicted molar refractivity (Wildman–Crippen MR) is 71.5 cm³/mol. The summed E-state index contributed by atoms with van der Waals surface area (Å²) in [5.41, 5.74) is 2.32. The Balaban J connectivity index is 2.20. The maximum atomic E-state index is 13.0. The topological polar surface area (TPSA) is 49.3 Å². The molecule has 0 aliphatic carbocycles. The van der Waals surface area contributed by atoms with Crippen molar-refractivity contribution in [3.63, 3.8) is 0 Å². The normalized spacial score (nSPS) is 10.3. The van der Waals surface area contributed by atoms with Crippen LogP contribution in [-0.2, 0) is 6.61 Å². The lowest BCUT2D eigenvalue weighted by atomic mass is 10.1. The molecule has 2 aromatic carbocycles. The third-order valence-corrected chi connectivity index (χ3v) is 2.80. The molecule has 0 aliphatic rings. The number of benzene rings is 2. The van der Waals surface area contributed by atoms with Crippen LogP contribution < -0.4 is 5.32 Å². The zero-order chi connectivity index (χ0) is 13.8. The summed E-state index contributed by atoms with van der Waals surface area (Å²) in [5.74, 6) is -0.663. The van der Waals surface area contributed by atoms with E-state index in [1.54, 1.807) is 31.2 Å². The standard InChI is InChI=1S/C15H14FNO2/c1-10-7-12(16)5-6-14(10)15(19)17-13-4-2-3-11(8-13)9-18/h2-8,18H,9H2,1H3,(H,17,19). The Hall–Kier alpha value is -2.20. The number of aryl methyl sites for hydroxylation is 1. The monoisotopic (exact) mass is 259 g/mol. The highest BCUT2D eigenvalue weighted by molar-refractivity contribution is 6.05. The third-order valence-electron chi connectivity index (χ3n) is 2.80. The predicted octanol–water partition coefficient (Wildman–Crippen LogP) is 2.88. The van der Waals surface area contributed by atoms with E-state index in [0.29, 0.717) is 22.4 Å². The molecule has 2 aromatic rings. The Labute approximate surface area is 110 Å². The third kappa shape index (κ3) is 3.17. The molecule has 0 bridgehead atoms. The van der Waals surface area contributed by atoms with Crippen molar-refractivity contribution in [2.45, 2.75) is 13.5 Å². The summed E-state index contributed by atoms with van der Waals surface area (Å²) in [5, 5.41) is 11.8. The minimum Gasteiger partial charge on any atom is -0.392 e. The van der Waals surface area contributed by atoms with Gasteiger partial charge < -0.3 is 10.4 Å². The fraction of sp³-hybridized carbons (Fsp3) is 0.133. The summed E-state index contributed by atoms with van der Waals surface area (Å²) < 4.78 is 13.0. The summed E-state index contributed by atoms with van der Waals surface area (Å²) in [7, 11) is 0. The van der Waals surface area contributed by atoms with Crippen molar-refractivity contribution in [2.75, 3.05) is 5.32 Å². The van der Waals surface area contributed by atoms with E-state index in [2.05, 4.69) is 5.32 Å². The molecule has 0 aromatic heterocycles. The largest absolute Gasteiger partial charge is 0.392 e. The van der Waals surface area contributed by atoms with Gasteiger partial charge in [-0.05, 0) is 48.4 Å². The molecule has 0 aliphatic heterocycles. The lowest BCUT2D eigenvalue weighted by Crippen LogP contribution is -2.13. The van der Waals surface area contributed by atoms with Crippen molar-refractivity contribution in [3.8, 4) is 0 Å². The van der Waals surface area contributed by atoms with Crippen LogP contribution in [-0.4, -0.2) is 11.0 Å². The zero-order valence-corrected chi connectivity index (χ0v) is 10.5. The van der Waals surface area contributed by atoms with E-state index in [-0.39, 0.29) is 18.3 Å². The van der Waals surface area contributed by atoms with Crippen molar-refractivity contribution in [3.05, 3.63) is 65.0 Å². The quantitative estimate of drug-likeness (QED) is 0.890. The number of halogens is 1. The lowest BCUT2D eigenvalue weighted by Gasteiger charge is -2.08. The minimum atomic E-state index is -0.365. The van der Waals surface area contributed by atoms with Crippen LogP contribution in [0.2, 0.25) is 0 Å². The number of hydrogen-bond acceptors (Lipinski definition) is 2. The van der Waals surface area contributed by atoms with E-state index in [9.17, 15) is 9.18 Å².